The molecule has 0 spiro atoms. The Morgan fingerprint density at radius 2 is 1.95 bits per heavy atom. The summed E-state index contributed by atoms with van der Waals surface area (Å²) in [5.41, 5.74) is 0.590. The van der Waals surface area contributed by atoms with Gasteiger partial charge < -0.3 is 15.5 Å². The Balaban J connectivity index is 1.90. The Morgan fingerprint density at radius 3 is 2.71 bits per heavy atom. The molecule has 2 N–H and O–H groups in total. The van der Waals surface area contributed by atoms with Crippen LogP contribution in [-0.4, -0.2) is 42.1 Å². The lowest BCUT2D eigenvalue weighted by Gasteiger charge is -2.11. The first kappa shape index (κ1) is 15.2. The van der Waals surface area contributed by atoms with Crippen molar-refractivity contribution in [1.29, 1.82) is 0 Å². The summed E-state index contributed by atoms with van der Waals surface area (Å²) in [4.78, 5) is 10.6. The molecule has 2 rings (SSSR count). The molecule has 1 aromatic heterocycles. The number of benzene rings is 1. The van der Waals surface area contributed by atoms with Gasteiger partial charge in [-0.1, -0.05) is 18.2 Å². The van der Waals surface area contributed by atoms with Gasteiger partial charge in [0.1, 0.15) is 11.6 Å². The average Bonchev–Trinajstić information content (AvgIpc) is 2.46. The third-order valence-corrected chi connectivity index (χ3v) is 2.92. The molecule has 6 heteroatoms. The fourth-order valence-electron chi connectivity index (χ4n) is 1.77. The van der Waals surface area contributed by atoms with Crippen LogP contribution in [0.15, 0.2) is 36.5 Å². The van der Waals surface area contributed by atoms with Gasteiger partial charge >= 0.3 is 0 Å². The van der Waals surface area contributed by atoms with Gasteiger partial charge in [0.05, 0.1) is 0 Å². The SMILES string of the molecule is CN(C)CCNc1ccnc(NCc2ccccc2F)n1. The van der Waals surface area contributed by atoms with Crippen molar-refractivity contribution >= 4 is 11.8 Å². The highest BCUT2D eigenvalue weighted by Gasteiger charge is 2.02. The average molecular weight is 289 g/mol. The van der Waals surface area contributed by atoms with E-state index in [0.717, 1.165) is 18.9 Å². The molecule has 5 nitrogen and oxygen atoms in total. The molecule has 2 aromatic rings. The van der Waals surface area contributed by atoms with Crippen LogP contribution < -0.4 is 10.6 Å². The van der Waals surface area contributed by atoms with Crippen LogP contribution in [-0.2, 0) is 6.54 Å². The van der Waals surface area contributed by atoms with Gasteiger partial charge in [0.2, 0.25) is 5.95 Å². The summed E-state index contributed by atoms with van der Waals surface area (Å²) in [5, 5.41) is 6.25. The largest absolute Gasteiger partial charge is 0.369 e. The molecule has 1 aromatic carbocycles. The molecule has 0 aliphatic carbocycles. The molecule has 0 atom stereocenters. The van der Waals surface area contributed by atoms with Crippen molar-refractivity contribution in [3.8, 4) is 0 Å². The third kappa shape index (κ3) is 5.00. The maximum Gasteiger partial charge on any atom is 0.224 e. The van der Waals surface area contributed by atoms with Crippen molar-refractivity contribution in [2.45, 2.75) is 6.54 Å². The van der Waals surface area contributed by atoms with Crippen molar-refractivity contribution in [3.63, 3.8) is 0 Å². The molecule has 112 valence electrons. The molecule has 1 heterocycles. The van der Waals surface area contributed by atoms with Crippen LogP contribution in [0.4, 0.5) is 16.2 Å². The maximum absolute atomic E-state index is 13.5. The van der Waals surface area contributed by atoms with E-state index in [1.54, 1.807) is 24.4 Å². The van der Waals surface area contributed by atoms with E-state index in [9.17, 15) is 4.39 Å². The number of likely N-dealkylation sites (N-methyl/N-ethyl adjacent to an activating group) is 1. The number of nitrogens with one attached hydrogen (secondary N) is 2. The molecule has 0 saturated carbocycles. The molecule has 0 fully saturated rings. The zero-order valence-corrected chi connectivity index (χ0v) is 12.3. The molecule has 0 bridgehead atoms. The smallest absolute Gasteiger partial charge is 0.224 e. The number of rotatable bonds is 7. The van der Waals surface area contributed by atoms with Crippen molar-refractivity contribution in [2.75, 3.05) is 37.8 Å². The molecule has 0 radical (unpaired) electrons. The van der Waals surface area contributed by atoms with Gasteiger partial charge in [-0.25, -0.2) is 9.37 Å². The predicted octanol–water partition coefficient (Wildman–Crippen LogP) is 2.20. The van der Waals surface area contributed by atoms with Crippen molar-refractivity contribution in [1.82, 2.24) is 14.9 Å². The first-order chi connectivity index (χ1) is 10.1. The van der Waals surface area contributed by atoms with Gasteiger partial charge in [0, 0.05) is 31.4 Å². The topological polar surface area (TPSA) is 53.1 Å². The lowest BCUT2D eigenvalue weighted by atomic mass is 10.2. The van der Waals surface area contributed by atoms with E-state index in [1.165, 1.54) is 6.07 Å². The number of nitrogens with zero attached hydrogens (tertiary/aromatic N) is 3. The van der Waals surface area contributed by atoms with Crippen molar-refractivity contribution < 1.29 is 4.39 Å². The molecule has 0 saturated heterocycles. The number of hydrogen-bond acceptors (Lipinski definition) is 5. The highest BCUT2D eigenvalue weighted by Crippen LogP contribution is 2.10. The van der Waals surface area contributed by atoms with Crippen LogP contribution in [0.5, 0.6) is 0 Å². The van der Waals surface area contributed by atoms with Gasteiger partial charge in [-0.05, 0) is 26.2 Å². The molecular weight excluding hydrogens is 269 g/mol. The highest BCUT2D eigenvalue weighted by molar-refractivity contribution is 5.40. The summed E-state index contributed by atoms with van der Waals surface area (Å²) in [5.74, 6) is 1.00. The van der Waals surface area contributed by atoms with Gasteiger partial charge in [-0.15, -0.1) is 0 Å². The summed E-state index contributed by atoms with van der Waals surface area (Å²) in [7, 11) is 4.03. The van der Waals surface area contributed by atoms with Crippen molar-refractivity contribution in [3.05, 3.63) is 47.9 Å². The predicted molar refractivity (Wildman–Crippen MR) is 82.8 cm³/mol. The first-order valence-electron chi connectivity index (χ1n) is 6.84. The number of halogens is 1. The van der Waals surface area contributed by atoms with Gasteiger partial charge in [0.25, 0.3) is 0 Å². The molecule has 21 heavy (non-hydrogen) atoms. The van der Waals surface area contributed by atoms with Crippen molar-refractivity contribution in [2.24, 2.45) is 0 Å². The van der Waals surface area contributed by atoms with Gasteiger partial charge in [-0.3, -0.25) is 0 Å². The molecule has 0 aliphatic heterocycles. The van der Waals surface area contributed by atoms with Gasteiger partial charge in [-0.2, -0.15) is 4.98 Å². The fourth-order valence-corrected chi connectivity index (χ4v) is 1.77. The Morgan fingerprint density at radius 1 is 1.14 bits per heavy atom. The van der Waals surface area contributed by atoms with E-state index >= 15 is 0 Å². The van der Waals surface area contributed by atoms with Crippen LogP contribution >= 0.6 is 0 Å². The Hall–Kier alpha value is -2.21. The van der Waals surface area contributed by atoms with Crippen LogP contribution in [0.3, 0.4) is 0 Å². The lowest BCUT2D eigenvalue weighted by molar-refractivity contribution is 0.425. The third-order valence-electron chi connectivity index (χ3n) is 2.92. The standard InChI is InChI=1S/C15H20FN5/c1-21(2)10-9-17-14-7-8-18-15(20-14)19-11-12-5-3-4-6-13(12)16/h3-8H,9-11H2,1-2H3,(H2,17,18,19,20). The van der Waals surface area contributed by atoms with Crippen LogP contribution in [0.1, 0.15) is 5.56 Å². The summed E-state index contributed by atoms with van der Waals surface area (Å²) >= 11 is 0. The lowest BCUT2D eigenvalue weighted by Crippen LogP contribution is -2.21. The van der Waals surface area contributed by atoms with E-state index < -0.39 is 0 Å². The number of aromatic nitrogens is 2. The highest BCUT2D eigenvalue weighted by atomic mass is 19.1. The van der Waals surface area contributed by atoms with Crippen LogP contribution in [0.2, 0.25) is 0 Å². The minimum atomic E-state index is -0.231. The monoisotopic (exact) mass is 289 g/mol. The Kier molecular flexibility index (Phi) is 5.45. The van der Waals surface area contributed by atoms with E-state index in [-0.39, 0.29) is 5.82 Å². The minimum Gasteiger partial charge on any atom is -0.369 e. The molecule has 0 amide bonds. The second-order valence-corrected chi connectivity index (χ2v) is 4.94. The summed E-state index contributed by atoms with van der Waals surface area (Å²) in [6.45, 7) is 2.08. The summed E-state index contributed by atoms with van der Waals surface area (Å²) in [6, 6.07) is 8.47. The van der Waals surface area contributed by atoms with E-state index in [4.69, 9.17) is 0 Å². The summed E-state index contributed by atoms with van der Waals surface area (Å²) in [6.07, 6.45) is 1.68. The number of anilines is 2. The minimum absolute atomic E-state index is 0.231. The quantitative estimate of drug-likeness (QED) is 0.818. The Bertz CT molecular complexity index is 573. The van der Waals surface area contributed by atoms with E-state index in [0.29, 0.717) is 18.1 Å². The Labute approximate surface area is 124 Å². The maximum atomic E-state index is 13.5. The summed E-state index contributed by atoms with van der Waals surface area (Å²) < 4.78 is 13.5. The molecule has 0 unspecified atom stereocenters. The van der Waals surface area contributed by atoms with E-state index in [2.05, 4.69) is 25.5 Å². The first-order valence-corrected chi connectivity index (χ1v) is 6.84. The normalized spacial score (nSPS) is 10.7. The number of hydrogen-bond donors (Lipinski definition) is 2. The van der Waals surface area contributed by atoms with Gasteiger partial charge in [0.15, 0.2) is 0 Å². The molecule has 0 aliphatic rings. The second-order valence-electron chi connectivity index (χ2n) is 4.94. The van der Waals surface area contributed by atoms with Crippen LogP contribution in [0, 0.1) is 5.82 Å². The fraction of sp³-hybridized carbons (Fsp3) is 0.333. The molecular formula is C15H20FN5. The zero-order chi connectivity index (χ0) is 15.1. The zero-order valence-electron chi connectivity index (χ0n) is 12.3. The van der Waals surface area contributed by atoms with E-state index in [1.807, 2.05) is 20.2 Å². The second kappa shape index (κ2) is 7.54. The van der Waals surface area contributed by atoms with Crippen LogP contribution in [0.25, 0.3) is 0 Å².